The lowest BCUT2D eigenvalue weighted by Gasteiger charge is -1.83. The highest BCUT2D eigenvalue weighted by Crippen LogP contribution is 1.84. The van der Waals surface area contributed by atoms with Crippen molar-refractivity contribution in [2.45, 2.75) is 6.92 Å². The third-order valence-corrected chi connectivity index (χ3v) is 1.61. The van der Waals surface area contributed by atoms with Crippen LogP contribution < -0.4 is 5.56 Å². The quantitative estimate of drug-likeness (QED) is 0.674. The number of nitrogens with one attached hydrogen (secondary N) is 1. The van der Waals surface area contributed by atoms with Crippen LogP contribution in [0.15, 0.2) is 59.5 Å². The topological polar surface area (TPSA) is 32.9 Å². The van der Waals surface area contributed by atoms with Gasteiger partial charge in [0.05, 0.1) is 0 Å². The van der Waals surface area contributed by atoms with E-state index in [2.05, 4.69) is 4.98 Å². The minimum atomic E-state index is -0.0457. The van der Waals surface area contributed by atoms with Gasteiger partial charge < -0.3 is 4.98 Å². The molecule has 72 valence electrons. The molecule has 0 saturated carbocycles. The summed E-state index contributed by atoms with van der Waals surface area (Å²) in [4.78, 5) is 12.9. The van der Waals surface area contributed by atoms with Crippen molar-refractivity contribution in [3.63, 3.8) is 0 Å². The molecule has 0 unspecified atom stereocenters. The maximum atomic E-state index is 10.4. The summed E-state index contributed by atoms with van der Waals surface area (Å²) in [5.41, 5.74) is 1.03. The fourth-order valence-electron chi connectivity index (χ4n) is 0.873. The Labute approximate surface area is 83.2 Å². The summed E-state index contributed by atoms with van der Waals surface area (Å²) in [6.45, 7) is 1.93. The van der Waals surface area contributed by atoms with Crippen molar-refractivity contribution in [3.8, 4) is 0 Å². The standard InChI is InChI=1S/C6H7NO.C6H6/c1-5-2-3-6(8)7-4-5;1-2-4-6-5-3-1/h2-4H,1H3,(H,7,8);1-6H. The van der Waals surface area contributed by atoms with Crippen LogP contribution >= 0.6 is 0 Å². The number of hydrogen-bond donors (Lipinski definition) is 1. The van der Waals surface area contributed by atoms with Gasteiger partial charge in [-0.25, -0.2) is 0 Å². The molecule has 0 aliphatic carbocycles. The van der Waals surface area contributed by atoms with Gasteiger partial charge in [0.2, 0.25) is 5.56 Å². The van der Waals surface area contributed by atoms with Crippen LogP contribution in [0.5, 0.6) is 0 Å². The Morgan fingerprint density at radius 1 is 0.929 bits per heavy atom. The lowest BCUT2D eigenvalue weighted by atomic mass is 10.3. The highest BCUT2D eigenvalue weighted by atomic mass is 16.1. The van der Waals surface area contributed by atoms with E-state index in [-0.39, 0.29) is 5.56 Å². The Balaban J connectivity index is 0.000000146. The third kappa shape index (κ3) is 4.26. The van der Waals surface area contributed by atoms with E-state index in [1.807, 2.05) is 43.3 Å². The molecule has 1 N–H and O–H groups in total. The number of H-pyrrole nitrogens is 1. The van der Waals surface area contributed by atoms with Gasteiger partial charge in [0, 0.05) is 12.3 Å². The van der Waals surface area contributed by atoms with E-state index in [1.165, 1.54) is 6.07 Å². The van der Waals surface area contributed by atoms with E-state index < -0.39 is 0 Å². The first-order valence-electron chi connectivity index (χ1n) is 4.44. The van der Waals surface area contributed by atoms with Gasteiger partial charge in [-0.05, 0) is 12.5 Å². The Kier molecular flexibility index (Phi) is 4.21. The summed E-state index contributed by atoms with van der Waals surface area (Å²) in [7, 11) is 0. The first kappa shape index (κ1) is 10.3. The SMILES string of the molecule is Cc1ccc(=O)[nH]c1.c1ccccc1. The zero-order valence-electron chi connectivity index (χ0n) is 8.10. The Morgan fingerprint density at radius 3 is 1.71 bits per heavy atom. The number of rotatable bonds is 0. The van der Waals surface area contributed by atoms with E-state index in [9.17, 15) is 4.79 Å². The molecule has 2 heteroatoms. The van der Waals surface area contributed by atoms with Crippen LogP contribution in [0.3, 0.4) is 0 Å². The zero-order chi connectivity index (χ0) is 10.2. The highest BCUT2D eigenvalue weighted by molar-refractivity contribution is 5.04. The van der Waals surface area contributed by atoms with Crippen LogP contribution in [0.4, 0.5) is 0 Å². The maximum absolute atomic E-state index is 10.4. The second-order valence-electron chi connectivity index (χ2n) is 2.88. The fraction of sp³-hybridized carbons (Fsp3) is 0.0833. The van der Waals surface area contributed by atoms with Crippen LogP contribution in [-0.4, -0.2) is 4.98 Å². The molecule has 0 bridgehead atoms. The van der Waals surface area contributed by atoms with Crippen molar-refractivity contribution in [2.75, 3.05) is 0 Å². The minimum Gasteiger partial charge on any atom is -0.329 e. The molecule has 1 aromatic heterocycles. The molecule has 0 saturated heterocycles. The van der Waals surface area contributed by atoms with Crippen LogP contribution in [0, 0.1) is 6.92 Å². The average Bonchev–Trinajstić information content (AvgIpc) is 2.26. The molecule has 0 aliphatic rings. The van der Waals surface area contributed by atoms with Crippen LogP contribution in [0.25, 0.3) is 0 Å². The minimum absolute atomic E-state index is 0.0457. The Hall–Kier alpha value is -1.83. The molecule has 2 nitrogen and oxygen atoms in total. The molecule has 0 fully saturated rings. The molecule has 2 rings (SSSR count). The van der Waals surface area contributed by atoms with Gasteiger partial charge in [-0.15, -0.1) is 0 Å². The molecule has 0 amide bonds. The van der Waals surface area contributed by atoms with E-state index in [4.69, 9.17) is 0 Å². The lowest BCUT2D eigenvalue weighted by Crippen LogP contribution is -2.00. The second kappa shape index (κ2) is 5.75. The zero-order valence-corrected chi connectivity index (χ0v) is 8.10. The monoisotopic (exact) mass is 187 g/mol. The summed E-state index contributed by atoms with van der Waals surface area (Å²) >= 11 is 0. The molecule has 0 atom stereocenters. The average molecular weight is 187 g/mol. The van der Waals surface area contributed by atoms with Crippen molar-refractivity contribution >= 4 is 0 Å². The Bertz CT molecular complexity index is 359. The smallest absolute Gasteiger partial charge is 0.247 e. The van der Waals surface area contributed by atoms with E-state index in [1.54, 1.807) is 12.3 Å². The number of pyridine rings is 1. The van der Waals surface area contributed by atoms with Gasteiger partial charge in [0.25, 0.3) is 0 Å². The number of hydrogen-bond acceptors (Lipinski definition) is 1. The second-order valence-corrected chi connectivity index (χ2v) is 2.88. The summed E-state index contributed by atoms with van der Waals surface area (Å²) in [5, 5.41) is 0. The molecule has 1 aromatic carbocycles. The molecule has 0 aliphatic heterocycles. The predicted octanol–water partition coefficient (Wildman–Crippen LogP) is 2.37. The van der Waals surface area contributed by atoms with Gasteiger partial charge in [0.15, 0.2) is 0 Å². The number of aromatic nitrogens is 1. The van der Waals surface area contributed by atoms with Crippen molar-refractivity contribution in [1.29, 1.82) is 0 Å². The van der Waals surface area contributed by atoms with Crippen molar-refractivity contribution in [2.24, 2.45) is 0 Å². The number of aromatic amines is 1. The largest absolute Gasteiger partial charge is 0.329 e. The summed E-state index contributed by atoms with van der Waals surface area (Å²) < 4.78 is 0. The van der Waals surface area contributed by atoms with Gasteiger partial charge in [-0.1, -0.05) is 42.5 Å². The summed E-state index contributed by atoms with van der Waals surface area (Å²) in [5.74, 6) is 0. The summed E-state index contributed by atoms with van der Waals surface area (Å²) in [6, 6.07) is 15.3. The normalized spacial score (nSPS) is 8.64. The molecule has 0 spiro atoms. The van der Waals surface area contributed by atoms with Crippen molar-refractivity contribution in [3.05, 3.63) is 70.6 Å². The molecule has 2 aromatic rings. The Morgan fingerprint density at radius 2 is 1.43 bits per heavy atom. The molecular formula is C12H13NO. The third-order valence-electron chi connectivity index (χ3n) is 1.61. The van der Waals surface area contributed by atoms with E-state index in [0.29, 0.717) is 0 Å². The number of benzene rings is 1. The van der Waals surface area contributed by atoms with Crippen molar-refractivity contribution in [1.82, 2.24) is 4.98 Å². The first-order chi connectivity index (χ1) is 6.79. The van der Waals surface area contributed by atoms with Gasteiger partial charge in [0.1, 0.15) is 0 Å². The van der Waals surface area contributed by atoms with E-state index >= 15 is 0 Å². The fourth-order valence-corrected chi connectivity index (χ4v) is 0.873. The van der Waals surface area contributed by atoms with Gasteiger partial charge >= 0.3 is 0 Å². The van der Waals surface area contributed by atoms with Crippen LogP contribution in [-0.2, 0) is 0 Å². The molecule has 14 heavy (non-hydrogen) atoms. The number of aryl methyl sites for hydroxylation is 1. The van der Waals surface area contributed by atoms with Crippen molar-refractivity contribution < 1.29 is 0 Å². The maximum Gasteiger partial charge on any atom is 0.247 e. The van der Waals surface area contributed by atoms with Gasteiger partial charge in [-0.3, -0.25) is 4.79 Å². The highest BCUT2D eigenvalue weighted by Gasteiger charge is 1.78. The summed E-state index contributed by atoms with van der Waals surface area (Å²) in [6.07, 6.45) is 1.68. The molecule has 1 heterocycles. The van der Waals surface area contributed by atoms with Crippen LogP contribution in [0.1, 0.15) is 5.56 Å². The first-order valence-corrected chi connectivity index (χ1v) is 4.44. The van der Waals surface area contributed by atoms with Gasteiger partial charge in [-0.2, -0.15) is 0 Å². The molecule has 0 radical (unpaired) electrons. The molecular weight excluding hydrogens is 174 g/mol. The predicted molar refractivity (Wildman–Crippen MR) is 58.2 cm³/mol. The van der Waals surface area contributed by atoms with Crippen LogP contribution in [0.2, 0.25) is 0 Å². The van der Waals surface area contributed by atoms with E-state index in [0.717, 1.165) is 5.56 Å². The lowest BCUT2D eigenvalue weighted by molar-refractivity contribution is 1.20.